The minimum Gasteiger partial charge on any atom is -0.328 e. The molecule has 1 aromatic rings. The number of carbonyl (C=O) groups is 1. The van der Waals surface area contributed by atoms with Gasteiger partial charge in [-0.2, -0.15) is 0 Å². The number of rotatable bonds is 3. The Labute approximate surface area is 102 Å². The summed E-state index contributed by atoms with van der Waals surface area (Å²) in [5.41, 5.74) is 7.20. The van der Waals surface area contributed by atoms with E-state index < -0.39 is 0 Å². The van der Waals surface area contributed by atoms with E-state index in [4.69, 9.17) is 5.73 Å². The molecule has 16 heavy (non-hydrogen) atoms. The molecule has 0 aromatic heterocycles. The zero-order valence-corrected chi connectivity index (χ0v) is 10.1. The Bertz CT molecular complexity index is 365. The van der Waals surface area contributed by atoms with Gasteiger partial charge < -0.3 is 5.73 Å². The summed E-state index contributed by atoms with van der Waals surface area (Å²) in [7, 11) is 0. The lowest BCUT2D eigenvalue weighted by Crippen LogP contribution is -2.16. The van der Waals surface area contributed by atoms with Crippen molar-refractivity contribution in [2.24, 2.45) is 17.6 Å². The van der Waals surface area contributed by atoms with Crippen molar-refractivity contribution in [1.29, 1.82) is 0 Å². The van der Waals surface area contributed by atoms with Crippen molar-refractivity contribution in [3.8, 4) is 0 Å². The Morgan fingerprint density at radius 2 is 2.00 bits per heavy atom. The first-order chi connectivity index (χ1) is 7.66. The van der Waals surface area contributed by atoms with Gasteiger partial charge in [0.1, 0.15) is 0 Å². The third kappa shape index (κ3) is 2.66. The first-order valence-electron chi connectivity index (χ1n) is 5.69. The van der Waals surface area contributed by atoms with Crippen LogP contribution in [0.1, 0.15) is 18.4 Å². The molecule has 0 bridgehead atoms. The van der Waals surface area contributed by atoms with Gasteiger partial charge in [-0.15, -0.1) is 12.6 Å². The highest BCUT2D eigenvalue weighted by molar-refractivity contribution is 7.96. The van der Waals surface area contributed by atoms with Gasteiger partial charge in [-0.1, -0.05) is 30.3 Å². The Morgan fingerprint density at radius 1 is 1.31 bits per heavy atom. The third-order valence-electron chi connectivity index (χ3n) is 3.39. The fraction of sp³-hybridized carbons (Fsp3) is 0.462. The molecule has 0 radical (unpaired) electrons. The van der Waals surface area contributed by atoms with Gasteiger partial charge in [0, 0.05) is 12.0 Å². The molecule has 3 unspecified atom stereocenters. The minimum absolute atomic E-state index is 0.00567. The third-order valence-corrected chi connectivity index (χ3v) is 3.72. The molecule has 1 fully saturated rings. The van der Waals surface area contributed by atoms with E-state index in [1.165, 1.54) is 5.56 Å². The van der Waals surface area contributed by atoms with Gasteiger partial charge in [0.2, 0.25) is 0 Å². The predicted molar refractivity (Wildman–Crippen MR) is 68.3 cm³/mol. The second-order valence-electron chi connectivity index (χ2n) is 4.63. The summed E-state index contributed by atoms with van der Waals surface area (Å²) in [4.78, 5) is 11.4. The molecule has 1 aliphatic carbocycles. The van der Waals surface area contributed by atoms with E-state index in [9.17, 15) is 4.79 Å². The van der Waals surface area contributed by atoms with Crippen LogP contribution in [0.5, 0.6) is 0 Å². The zero-order valence-electron chi connectivity index (χ0n) is 9.17. The van der Waals surface area contributed by atoms with Crippen molar-refractivity contribution in [2.45, 2.75) is 25.3 Å². The van der Waals surface area contributed by atoms with Gasteiger partial charge in [0.15, 0.2) is 5.12 Å². The Kier molecular flexibility index (Phi) is 3.66. The molecule has 3 atom stereocenters. The molecule has 0 amide bonds. The summed E-state index contributed by atoms with van der Waals surface area (Å²) in [5, 5.41) is -0.00567. The van der Waals surface area contributed by atoms with Crippen LogP contribution in [-0.4, -0.2) is 11.2 Å². The van der Waals surface area contributed by atoms with Crippen molar-refractivity contribution < 1.29 is 4.79 Å². The number of hydrogen-bond donors (Lipinski definition) is 2. The van der Waals surface area contributed by atoms with Gasteiger partial charge in [0.25, 0.3) is 0 Å². The zero-order chi connectivity index (χ0) is 11.5. The van der Waals surface area contributed by atoms with Crippen molar-refractivity contribution in [3.63, 3.8) is 0 Å². The molecule has 1 saturated carbocycles. The van der Waals surface area contributed by atoms with Gasteiger partial charge >= 0.3 is 0 Å². The highest BCUT2D eigenvalue weighted by Crippen LogP contribution is 2.34. The second-order valence-corrected chi connectivity index (χ2v) is 5.07. The van der Waals surface area contributed by atoms with E-state index in [1.54, 1.807) is 0 Å². The van der Waals surface area contributed by atoms with Crippen molar-refractivity contribution in [2.75, 3.05) is 0 Å². The lowest BCUT2D eigenvalue weighted by molar-refractivity contribution is -0.115. The molecule has 86 valence electrons. The van der Waals surface area contributed by atoms with E-state index in [1.807, 2.05) is 18.2 Å². The minimum atomic E-state index is -0.00567. The molecule has 0 spiro atoms. The monoisotopic (exact) mass is 235 g/mol. The second kappa shape index (κ2) is 5.02. The van der Waals surface area contributed by atoms with E-state index >= 15 is 0 Å². The Hall–Kier alpha value is -0.800. The Morgan fingerprint density at radius 3 is 2.62 bits per heavy atom. The van der Waals surface area contributed by atoms with Crippen molar-refractivity contribution in [3.05, 3.63) is 35.9 Å². The smallest absolute Gasteiger partial charge is 0.189 e. The Balaban J connectivity index is 2.06. The molecule has 2 rings (SSSR count). The predicted octanol–water partition coefficient (Wildman–Crippen LogP) is 2.04. The highest BCUT2D eigenvalue weighted by Gasteiger charge is 2.35. The first kappa shape index (κ1) is 11.7. The average Bonchev–Trinajstić information content (AvgIpc) is 2.61. The molecular formula is C13H17NOS. The number of benzene rings is 1. The summed E-state index contributed by atoms with van der Waals surface area (Å²) in [6.07, 6.45) is 2.66. The van der Waals surface area contributed by atoms with Crippen LogP contribution in [0.3, 0.4) is 0 Å². The molecule has 0 saturated heterocycles. The van der Waals surface area contributed by atoms with E-state index in [0.717, 1.165) is 19.3 Å². The fourth-order valence-corrected chi connectivity index (χ4v) is 2.93. The lowest BCUT2D eigenvalue weighted by Gasteiger charge is -2.15. The van der Waals surface area contributed by atoms with Gasteiger partial charge in [0.05, 0.1) is 0 Å². The topological polar surface area (TPSA) is 43.1 Å². The summed E-state index contributed by atoms with van der Waals surface area (Å²) in [6, 6.07) is 10.4. The van der Waals surface area contributed by atoms with Crippen molar-refractivity contribution >= 4 is 17.7 Å². The quantitative estimate of drug-likeness (QED) is 0.787. The van der Waals surface area contributed by atoms with E-state index in [2.05, 4.69) is 24.8 Å². The van der Waals surface area contributed by atoms with Crippen LogP contribution in [0.2, 0.25) is 0 Å². The van der Waals surface area contributed by atoms with Gasteiger partial charge in [-0.3, -0.25) is 4.79 Å². The molecule has 0 heterocycles. The van der Waals surface area contributed by atoms with Crippen LogP contribution >= 0.6 is 12.6 Å². The molecular weight excluding hydrogens is 218 g/mol. The number of hydrogen-bond acceptors (Lipinski definition) is 2. The summed E-state index contributed by atoms with van der Waals surface area (Å²) >= 11 is 3.97. The van der Waals surface area contributed by atoms with Gasteiger partial charge in [-0.05, 0) is 30.7 Å². The maximum absolute atomic E-state index is 11.4. The van der Waals surface area contributed by atoms with Crippen molar-refractivity contribution in [1.82, 2.24) is 0 Å². The maximum Gasteiger partial charge on any atom is 0.189 e. The standard InChI is InChI=1S/C13H17NOS/c14-11-7-10(12(8-11)13(15)16)6-9-4-2-1-3-5-9/h1-5,10-12H,6-8,14H2,(H,15,16). The SMILES string of the molecule is NC1CC(Cc2ccccc2)C(C(=O)S)C1. The molecule has 1 aliphatic rings. The van der Waals surface area contributed by atoms with E-state index in [0.29, 0.717) is 5.92 Å². The fourth-order valence-electron chi connectivity index (χ4n) is 2.61. The largest absolute Gasteiger partial charge is 0.328 e. The molecule has 1 aromatic carbocycles. The summed E-state index contributed by atoms with van der Waals surface area (Å²) in [5.74, 6) is 0.404. The molecule has 0 aliphatic heterocycles. The average molecular weight is 235 g/mol. The molecule has 2 N–H and O–H groups in total. The van der Waals surface area contributed by atoms with Crippen LogP contribution < -0.4 is 5.73 Å². The van der Waals surface area contributed by atoms with Gasteiger partial charge in [-0.25, -0.2) is 0 Å². The van der Waals surface area contributed by atoms with E-state index in [-0.39, 0.29) is 17.1 Å². The summed E-state index contributed by atoms with van der Waals surface area (Å²) < 4.78 is 0. The number of thiol groups is 1. The number of nitrogens with two attached hydrogens (primary N) is 1. The molecule has 2 nitrogen and oxygen atoms in total. The van der Waals surface area contributed by atoms with Crippen LogP contribution in [0.4, 0.5) is 0 Å². The van der Waals surface area contributed by atoms with Crippen LogP contribution in [0.15, 0.2) is 30.3 Å². The summed E-state index contributed by atoms with van der Waals surface area (Å²) in [6.45, 7) is 0. The number of carbonyl (C=O) groups excluding carboxylic acids is 1. The van der Waals surface area contributed by atoms with Crippen LogP contribution in [0, 0.1) is 11.8 Å². The first-order valence-corrected chi connectivity index (χ1v) is 6.14. The highest BCUT2D eigenvalue weighted by atomic mass is 32.1. The normalized spacial score (nSPS) is 29.2. The van der Waals surface area contributed by atoms with Crippen LogP contribution in [0.25, 0.3) is 0 Å². The molecule has 3 heteroatoms. The lowest BCUT2D eigenvalue weighted by atomic mass is 9.90. The maximum atomic E-state index is 11.4. The van der Waals surface area contributed by atoms with Crippen LogP contribution in [-0.2, 0) is 11.2 Å².